The van der Waals surface area contributed by atoms with Gasteiger partial charge < -0.3 is 15.8 Å². The van der Waals surface area contributed by atoms with E-state index in [2.05, 4.69) is 17.0 Å². The summed E-state index contributed by atoms with van der Waals surface area (Å²) in [6.07, 6.45) is 2.39. The number of esters is 1. The Balaban J connectivity index is 2.11. The van der Waals surface area contributed by atoms with Gasteiger partial charge in [0.25, 0.3) is 0 Å². The number of nitrogens with two attached hydrogens (primary N) is 1. The van der Waals surface area contributed by atoms with Gasteiger partial charge in [0.1, 0.15) is 0 Å². The van der Waals surface area contributed by atoms with E-state index in [0.29, 0.717) is 17.3 Å². The van der Waals surface area contributed by atoms with Crippen LogP contribution in [0.25, 0.3) is 0 Å². The number of nitrogens with one attached hydrogen (secondary N) is 1. The lowest BCUT2D eigenvalue weighted by atomic mass is 10.1. The van der Waals surface area contributed by atoms with Gasteiger partial charge in [-0.2, -0.15) is 0 Å². The van der Waals surface area contributed by atoms with Crippen LogP contribution < -0.4 is 11.1 Å². The summed E-state index contributed by atoms with van der Waals surface area (Å²) in [4.78, 5) is 11.5. The third-order valence-electron chi connectivity index (χ3n) is 3.26. The molecular weight excluding hydrogens is 216 g/mol. The molecule has 1 fully saturated rings. The van der Waals surface area contributed by atoms with Crippen LogP contribution in [-0.2, 0) is 4.74 Å². The highest BCUT2D eigenvalue weighted by Crippen LogP contribution is 2.36. The van der Waals surface area contributed by atoms with Gasteiger partial charge in [0, 0.05) is 17.4 Å². The van der Waals surface area contributed by atoms with E-state index in [9.17, 15) is 4.79 Å². The van der Waals surface area contributed by atoms with Crippen LogP contribution in [0, 0.1) is 5.92 Å². The fourth-order valence-electron chi connectivity index (χ4n) is 2.02. The number of ether oxygens (including phenoxy) is 1. The minimum atomic E-state index is -0.394. The zero-order chi connectivity index (χ0) is 12.4. The third-order valence-corrected chi connectivity index (χ3v) is 3.26. The Morgan fingerprint density at radius 1 is 1.59 bits per heavy atom. The fourth-order valence-corrected chi connectivity index (χ4v) is 2.02. The smallest absolute Gasteiger partial charge is 0.340 e. The van der Waals surface area contributed by atoms with E-state index in [4.69, 9.17) is 5.73 Å². The molecule has 1 saturated carbocycles. The largest absolute Gasteiger partial charge is 0.465 e. The van der Waals surface area contributed by atoms with E-state index in [1.54, 1.807) is 12.1 Å². The molecule has 0 saturated heterocycles. The lowest BCUT2D eigenvalue weighted by molar-refractivity contribution is 0.0602. The molecule has 1 aromatic carbocycles. The summed E-state index contributed by atoms with van der Waals surface area (Å²) in [5.41, 5.74) is 7.54. The third kappa shape index (κ3) is 2.52. The molecule has 0 spiro atoms. The number of benzene rings is 1. The second-order valence-electron chi connectivity index (χ2n) is 4.45. The van der Waals surface area contributed by atoms with Crippen LogP contribution in [-0.4, -0.2) is 19.1 Å². The highest BCUT2D eigenvalue weighted by atomic mass is 16.5. The first-order valence-electron chi connectivity index (χ1n) is 5.90. The van der Waals surface area contributed by atoms with Crippen LogP contribution in [0.5, 0.6) is 0 Å². The predicted octanol–water partition coefficient (Wildman–Crippen LogP) is 2.27. The Bertz CT molecular complexity index is 431. The van der Waals surface area contributed by atoms with Crippen molar-refractivity contribution in [1.29, 1.82) is 0 Å². The maximum atomic E-state index is 11.5. The monoisotopic (exact) mass is 234 g/mol. The lowest BCUT2D eigenvalue weighted by Gasteiger charge is -2.09. The van der Waals surface area contributed by atoms with Crippen molar-refractivity contribution in [3.05, 3.63) is 23.8 Å². The van der Waals surface area contributed by atoms with Crippen molar-refractivity contribution in [2.45, 2.75) is 25.8 Å². The zero-order valence-corrected chi connectivity index (χ0v) is 10.2. The highest BCUT2D eigenvalue weighted by Gasteiger charge is 2.35. The summed E-state index contributed by atoms with van der Waals surface area (Å²) in [5.74, 6) is 0.364. The van der Waals surface area contributed by atoms with E-state index in [1.165, 1.54) is 20.0 Å². The first kappa shape index (κ1) is 11.8. The summed E-state index contributed by atoms with van der Waals surface area (Å²) in [5, 5.41) is 3.40. The van der Waals surface area contributed by atoms with Crippen molar-refractivity contribution in [2.75, 3.05) is 18.2 Å². The lowest BCUT2D eigenvalue weighted by Crippen LogP contribution is -2.09. The quantitative estimate of drug-likeness (QED) is 0.619. The van der Waals surface area contributed by atoms with Crippen LogP contribution >= 0.6 is 0 Å². The van der Waals surface area contributed by atoms with E-state index in [-0.39, 0.29) is 0 Å². The maximum absolute atomic E-state index is 11.5. The number of carbonyl (C=O) groups is 1. The normalized spacial score (nSPS) is 22.0. The van der Waals surface area contributed by atoms with Gasteiger partial charge in [0.2, 0.25) is 0 Å². The topological polar surface area (TPSA) is 64.3 Å². The number of anilines is 2. The molecule has 1 aliphatic carbocycles. The average molecular weight is 234 g/mol. The first-order valence-corrected chi connectivity index (χ1v) is 5.90. The van der Waals surface area contributed by atoms with Crippen molar-refractivity contribution < 1.29 is 9.53 Å². The van der Waals surface area contributed by atoms with Gasteiger partial charge in [-0.1, -0.05) is 13.3 Å². The molecule has 2 atom stereocenters. The molecule has 0 aromatic heterocycles. The predicted molar refractivity (Wildman–Crippen MR) is 68.0 cm³/mol. The number of methoxy groups -OCH3 is 1. The maximum Gasteiger partial charge on any atom is 0.340 e. The van der Waals surface area contributed by atoms with Gasteiger partial charge in [-0.3, -0.25) is 0 Å². The zero-order valence-electron chi connectivity index (χ0n) is 10.2. The molecule has 0 heterocycles. The SMILES string of the molecule is CCC1CC1Nc1ccc(N)c(C(=O)OC)c1. The number of rotatable bonds is 4. The van der Waals surface area contributed by atoms with E-state index < -0.39 is 5.97 Å². The Morgan fingerprint density at radius 2 is 2.35 bits per heavy atom. The molecule has 1 aliphatic rings. The molecule has 4 nitrogen and oxygen atoms in total. The molecule has 92 valence electrons. The second-order valence-corrected chi connectivity index (χ2v) is 4.45. The van der Waals surface area contributed by atoms with Crippen LogP contribution in [0.15, 0.2) is 18.2 Å². The summed E-state index contributed by atoms with van der Waals surface area (Å²) >= 11 is 0. The number of hydrogen-bond acceptors (Lipinski definition) is 4. The van der Waals surface area contributed by atoms with Gasteiger partial charge in [0.15, 0.2) is 0 Å². The van der Waals surface area contributed by atoms with Crippen molar-refractivity contribution in [3.8, 4) is 0 Å². The molecule has 1 aromatic rings. The Morgan fingerprint density at radius 3 is 2.94 bits per heavy atom. The Kier molecular flexibility index (Phi) is 3.22. The van der Waals surface area contributed by atoms with E-state index >= 15 is 0 Å². The minimum Gasteiger partial charge on any atom is -0.465 e. The molecule has 0 aliphatic heterocycles. The summed E-state index contributed by atoms with van der Waals surface area (Å²) in [6.45, 7) is 2.19. The Labute approximate surface area is 101 Å². The van der Waals surface area contributed by atoms with Crippen molar-refractivity contribution in [2.24, 2.45) is 5.92 Å². The Hall–Kier alpha value is -1.71. The standard InChI is InChI=1S/C13H18N2O2/c1-3-8-6-12(8)15-9-4-5-11(14)10(7-9)13(16)17-2/h4-5,7-8,12,15H,3,6,14H2,1-2H3. The first-order chi connectivity index (χ1) is 8.15. The van der Waals surface area contributed by atoms with Crippen LogP contribution in [0.4, 0.5) is 11.4 Å². The molecular formula is C13H18N2O2. The van der Waals surface area contributed by atoms with E-state index in [0.717, 1.165) is 11.6 Å². The number of hydrogen-bond donors (Lipinski definition) is 2. The number of carbonyl (C=O) groups excluding carboxylic acids is 1. The second kappa shape index (κ2) is 4.65. The van der Waals surface area contributed by atoms with Crippen molar-refractivity contribution in [3.63, 3.8) is 0 Å². The fraction of sp³-hybridized carbons (Fsp3) is 0.462. The highest BCUT2D eigenvalue weighted by molar-refractivity contribution is 5.96. The molecule has 0 radical (unpaired) electrons. The molecule has 17 heavy (non-hydrogen) atoms. The summed E-state index contributed by atoms with van der Waals surface area (Å²) in [7, 11) is 1.36. The van der Waals surface area contributed by atoms with Crippen LogP contribution in [0.1, 0.15) is 30.1 Å². The van der Waals surface area contributed by atoms with Crippen LogP contribution in [0.2, 0.25) is 0 Å². The van der Waals surface area contributed by atoms with Gasteiger partial charge in [-0.05, 0) is 30.5 Å². The summed E-state index contributed by atoms with van der Waals surface area (Å²) in [6, 6.07) is 5.92. The molecule has 2 rings (SSSR count). The average Bonchev–Trinajstić information content (AvgIpc) is 3.09. The molecule has 0 bridgehead atoms. The summed E-state index contributed by atoms with van der Waals surface area (Å²) < 4.78 is 4.69. The van der Waals surface area contributed by atoms with Crippen molar-refractivity contribution >= 4 is 17.3 Å². The van der Waals surface area contributed by atoms with Crippen LogP contribution in [0.3, 0.4) is 0 Å². The van der Waals surface area contributed by atoms with Gasteiger partial charge in [-0.25, -0.2) is 4.79 Å². The molecule has 0 amide bonds. The number of nitrogen functional groups attached to an aromatic ring is 1. The molecule has 2 unspecified atom stereocenters. The molecule has 3 N–H and O–H groups in total. The van der Waals surface area contributed by atoms with Gasteiger partial charge >= 0.3 is 5.97 Å². The van der Waals surface area contributed by atoms with Crippen molar-refractivity contribution in [1.82, 2.24) is 0 Å². The van der Waals surface area contributed by atoms with Gasteiger partial charge in [0.05, 0.1) is 12.7 Å². The minimum absolute atomic E-state index is 0.394. The van der Waals surface area contributed by atoms with Gasteiger partial charge in [-0.15, -0.1) is 0 Å². The molecule has 4 heteroatoms. The van der Waals surface area contributed by atoms with E-state index in [1.807, 2.05) is 6.07 Å².